The molecule has 5 nitrogen and oxygen atoms in total. The number of allylic oxidation sites excluding steroid dienone is 7. The highest BCUT2D eigenvalue weighted by Gasteiger charge is 2.22. The van der Waals surface area contributed by atoms with E-state index >= 15 is 0 Å². The van der Waals surface area contributed by atoms with Crippen LogP contribution in [-0.4, -0.2) is 46.1 Å². The third-order valence-electron chi connectivity index (χ3n) is 13.6. The van der Waals surface area contributed by atoms with E-state index in [1.165, 1.54) is 244 Å². The van der Waals surface area contributed by atoms with Crippen molar-refractivity contribution in [3.05, 3.63) is 48.6 Å². The normalized spacial score (nSPS) is 13.6. The number of amides is 1. The largest absolute Gasteiger partial charge is 0.394 e. The third kappa shape index (κ3) is 50.2. The van der Waals surface area contributed by atoms with Gasteiger partial charge in [-0.25, -0.2) is 0 Å². The van der Waals surface area contributed by atoms with Crippen LogP contribution in [0.1, 0.15) is 309 Å². The molecular weight excluding hydrogens is 811 g/mol. The monoisotopic (exact) mass is 926 g/mol. The highest BCUT2D eigenvalue weighted by atomic mass is 16.3. The molecule has 0 saturated heterocycles. The van der Waals surface area contributed by atoms with Gasteiger partial charge in [0.05, 0.1) is 18.8 Å². The summed E-state index contributed by atoms with van der Waals surface area (Å²) in [5.74, 6) is -0.514. The lowest BCUT2D eigenvalue weighted by Gasteiger charge is -2.21. The summed E-state index contributed by atoms with van der Waals surface area (Å²) in [6, 6.07) is -0.821. The molecule has 0 spiro atoms. The molecule has 0 aromatic rings. The summed E-state index contributed by atoms with van der Waals surface area (Å²) in [6.07, 6.45) is 75.0. The highest BCUT2D eigenvalue weighted by molar-refractivity contribution is 5.80. The first-order chi connectivity index (χ1) is 32.6. The number of aliphatic hydroxyl groups excluding tert-OH is 3. The minimum atomic E-state index is -1.11. The van der Waals surface area contributed by atoms with Crippen molar-refractivity contribution in [1.29, 1.82) is 0 Å². The zero-order chi connectivity index (χ0) is 47.9. The summed E-state index contributed by atoms with van der Waals surface area (Å²) in [6.45, 7) is 4.18. The molecule has 0 aliphatic heterocycles. The molecule has 0 fully saturated rings. The van der Waals surface area contributed by atoms with E-state index in [4.69, 9.17) is 0 Å². The highest BCUT2D eigenvalue weighted by Crippen LogP contribution is 2.17. The molecule has 0 aliphatic carbocycles. The second kappa shape index (κ2) is 55.9. The van der Waals surface area contributed by atoms with Crippen LogP contribution in [0.3, 0.4) is 0 Å². The molecule has 0 saturated carbocycles. The molecule has 0 bridgehead atoms. The molecule has 0 radical (unpaired) electrons. The van der Waals surface area contributed by atoms with Gasteiger partial charge in [-0.2, -0.15) is 0 Å². The molecule has 0 heterocycles. The molecular formula is C61H115NO4. The van der Waals surface area contributed by atoms with E-state index in [0.717, 1.165) is 44.9 Å². The van der Waals surface area contributed by atoms with Crippen molar-refractivity contribution in [3.8, 4) is 0 Å². The number of carbonyl (C=O) groups is 1. The van der Waals surface area contributed by atoms with E-state index in [1.807, 2.05) is 6.08 Å². The van der Waals surface area contributed by atoms with Crippen LogP contribution in [0.2, 0.25) is 0 Å². The molecule has 4 N–H and O–H groups in total. The second-order valence-electron chi connectivity index (χ2n) is 20.2. The van der Waals surface area contributed by atoms with Gasteiger partial charge < -0.3 is 20.6 Å². The van der Waals surface area contributed by atoms with Crippen LogP contribution in [0.4, 0.5) is 0 Å². The predicted octanol–water partition coefficient (Wildman–Crippen LogP) is 18.4. The SMILES string of the molecule is CCCCCCCC/C=C/CC/C=C/CC/C=C/C(O)C(CO)NC(=O)C(O)CCCCCCCCCCCCCCCCCC/C=C\CCCCCCCCCCCCCCCCCC. The average Bonchev–Trinajstić information content (AvgIpc) is 3.32. The van der Waals surface area contributed by atoms with Crippen molar-refractivity contribution in [3.63, 3.8) is 0 Å². The fourth-order valence-electron chi connectivity index (χ4n) is 9.04. The molecule has 0 aromatic carbocycles. The summed E-state index contributed by atoms with van der Waals surface area (Å²) < 4.78 is 0. The summed E-state index contributed by atoms with van der Waals surface area (Å²) in [4.78, 5) is 12.5. The maximum Gasteiger partial charge on any atom is 0.249 e. The van der Waals surface area contributed by atoms with Gasteiger partial charge in [-0.1, -0.05) is 287 Å². The van der Waals surface area contributed by atoms with Gasteiger partial charge in [-0.05, 0) is 70.6 Å². The van der Waals surface area contributed by atoms with Gasteiger partial charge in [-0.3, -0.25) is 4.79 Å². The molecule has 1 amide bonds. The van der Waals surface area contributed by atoms with Crippen LogP contribution in [0.15, 0.2) is 48.6 Å². The Morgan fingerprint density at radius 2 is 0.621 bits per heavy atom. The lowest BCUT2D eigenvalue weighted by molar-refractivity contribution is -0.131. The van der Waals surface area contributed by atoms with Crippen LogP contribution in [-0.2, 0) is 4.79 Å². The Hall–Kier alpha value is -1.69. The smallest absolute Gasteiger partial charge is 0.249 e. The fourth-order valence-corrected chi connectivity index (χ4v) is 9.04. The number of aliphatic hydroxyl groups is 3. The Balaban J connectivity index is 3.52. The van der Waals surface area contributed by atoms with Crippen molar-refractivity contribution in [2.45, 2.75) is 327 Å². The van der Waals surface area contributed by atoms with E-state index in [-0.39, 0.29) is 6.61 Å². The van der Waals surface area contributed by atoms with E-state index in [1.54, 1.807) is 6.08 Å². The van der Waals surface area contributed by atoms with Crippen LogP contribution in [0.5, 0.6) is 0 Å². The first-order valence-electron chi connectivity index (χ1n) is 29.5. The molecule has 3 atom stereocenters. The van der Waals surface area contributed by atoms with Gasteiger partial charge in [0.25, 0.3) is 0 Å². The van der Waals surface area contributed by atoms with Crippen LogP contribution >= 0.6 is 0 Å². The summed E-state index contributed by atoms with van der Waals surface area (Å²) in [5.41, 5.74) is 0. The lowest BCUT2D eigenvalue weighted by Crippen LogP contribution is -2.48. The molecule has 5 heteroatoms. The number of unbranched alkanes of at least 4 members (excludes halogenated alkanes) is 40. The molecule has 388 valence electrons. The number of rotatable bonds is 54. The summed E-state index contributed by atoms with van der Waals surface area (Å²) in [5, 5.41) is 33.3. The molecule has 66 heavy (non-hydrogen) atoms. The van der Waals surface area contributed by atoms with Gasteiger partial charge in [0.2, 0.25) is 5.91 Å². The maximum absolute atomic E-state index is 12.5. The van der Waals surface area contributed by atoms with Crippen molar-refractivity contribution in [2.24, 2.45) is 0 Å². The number of hydrogen-bond acceptors (Lipinski definition) is 4. The first kappa shape index (κ1) is 64.3. The number of carbonyl (C=O) groups excluding carboxylic acids is 1. The van der Waals surface area contributed by atoms with Crippen molar-refractivity contribution >= 4 is 5.91 Å². The molecule has 0 aromatic heterocycles. The summed E-state index contributed by atoms with van der Waals surface area (Å²) in [7, 11) is 0. The third-order valence-corrected chi connectivity index (χ3v) is 13.6. The second-order valence-corrected chi connectivity index (χ2v) is 20.2. The summed E-state index contributed by atoms with van der Waals surface area (Å²) >= 11 is 0. The average molecular weight is 927 g/mol. The van der Waals surface area contributed by atoms with E-state index in [0.29, 0.717) is 6.42 Å². The van der Waals surface area contributed by atoms with Gasteiger partial charge in [0, 0.05) is 0 Å². The van der Waals surface area contributed by atoms with E-state index in [2.05, 4.69) is 55.6 Å². The fraction of sp³-hybridized carbons (Fsp3) is 0.852. The Morgan fingerprint density at radius 3 is 0.924 bits per heavy atom. The van der Waals surface area contributed by atoms with Crippen LogP contribution in [0.25, 0.3) is 0 Å². The van der Waals surface area contributed by atoms with Crippen LogP contribution in [0, 0.1) is 0 Å². The number of nitrogens with one attached hydrogen (secondary N) is 1. The zero-order valence-electron chi connectivity index (χ0n) is 44.3. The van der Waals surface area contributed by atoms with Crippen LogP contribution < -0.4 is 5.32 Å². The minimum absolute atomic E-state index is 0.381. The predicted molar refractivity (Wildman–Crippen MR) is 291 cm³/mol. The van der Waals surface area contributed by atoms with Crippen molar-refractivity contribution in [2.75, 3.05) is 6.61 Å². The minimum Gasteiger partial charge on any atom is -0.394 e. The van der Waals surface area contributed by atoms with Gasteiger partial charge in [0.15, 0.2) is 0 Å². The van der Waals surface area contributed by atoms with Gasteiger partial charge in [0.1, 0.15) is 6.10 Å². The maximum atomic E-state index is 12.5. The molecule has 3 unspecified atom stereocenters. The zero-order valence-corrected chi connectivity index (χ0v) is 44.3. The Bertz CT molecular complexity index is 1070. The van der Waals surface area contributed by atoms with Crippen molar-refractivity contribution in [1.82, 2.24) is 5.32 Å². The first-order valence-corrected chi connectivity index (χ1v) is 29.5. The topological polar surface area (TPSA) is 89.8 Å². The Kier molecular flexibility index (Phi) is 54.5. The van der Waals surface area contributed by atoms with Crippen molar-refractivity contribution < 1.29 is 20.1 Å². The Labute approximate surface area is 412 Å². The Morgan fingerprint density at radius 1 is 0.364 bits per heavy atom. The quantitative estimate of drug-likeness (QED) is 0.0361. The van der Waals surface area contributed by atoms with E-state index in [9.17, 15) is 20.1 Å². The number of hydrogen-bond donors (Lipinski definition) is 4. The lowest BCUT2D eigenvalue weighted by atomic mass is 10.0. The van der Waals surface area contributed by atoms with E-state index < -0.39 is 24.2 Å². The molecule has 0 aliphatic rings. The standard InChI is InChI=1S/C61H115NO4/c1-3-5-7-9-11-13-15-17-19-21-22-23-24-25-26-27-28-29-30-31-32-33-34-35-36-37-38-39-40-42-44-46-48-50-52-54-56-60(65)61(66)62-58(57-63)59(64)55-53-51-49-47-45-43-41-20-18-16-14-12-10-8-6-4-2/h18,20,29-30,45,47,53,55,58-60,63-65H,3-17,19,21-28,31-44,46,48-52,54,56-57H2,1-2H3,(H,62,66)/b20-18+,30-29-,47-45+,55-53+. The van der Waals surface area contributed by atoms with Gasteiger partial charge in [-0.15, -0.1) is 0 Å². The molecule has 0 rings (SSSR count). The van der Waals surface area contributed by atoms with Gasteiger partial charge >= 0.3 is 0 Å².